The molecule has 17 heavy (non-hydrogen) atoms. The van der Waals surface area contributed by atoms with Crippen LogP contribution in [-0.2, 0) is 11.3 Å². The summed E-state index contributed by atoms with van der Waals surface area (Å²) < 4.78 is 10.6. The van der Waals surface area contributed by atoms with Gasteiger partial charge in [-0.1, -0.05) is 24.3 Å². The molecule has 0 fully saturated rings. The van der Waals surface area contributed by atoms with Crippen molar-refractivity contribution in [2.24, 2.45) is 0 Å². The van der Waals surface area contributed by atoms with E-state index < -0.39 is 0 Å². The maximum absolute atomic E-state index is 11.2. The molecule has 0 amide bonds. The van der Waals surface area contributed by atoms with Crippen molar-refractivity contribution in [3.63, 3.8) is 0 Å². The van der Waals surface area contributed by atoms with Gasteiger partial charge in [-0.25, -0.2) is 0 Å². The lowest BCUT2D eigenvalue weighted by molar-refractivity contribution is 0.0988. The lowest BCUT2D eigenvalue weighted by atomic mass is 10.1. The number of carbonyl (C=O) groups excluding carboxylic acids is 1. The molecule has 2 rings (SSSR count). The molecule has 1 heterocycles. The third-order valence-corrected chi connectivity index (χ3v) is 2.54. The van der Waals surface area contributed by atoms with Crippen LogP contribution in [0.3, 0.4) is 0 Å². The summed E-state index contributed by atoms with van der Waals surface area (Å²) in [4.78, 5) is 11.2. The van der Waals surface area contributed by atoms with Crippen LogP contribution in [0, 0.1) is 0 Å². The first-order valence-electron chi connectivity index (χ1n) is 5.40. The number of carbonyl (C=O) groups is 1. The number of Topliss-reactive ketones (excluding diaryl/α,β-unsaturated/α-hetero) is 1. The number of methoxy groups -OCH3 is 1. The second kappa shape index (κ2) is 4.97. The van der Waals surface area contributed by atoms with E-state index in [0.29, 0.717) is 18.1 Å². The van der Waals surface area contributed by atoms with Crippen molar-refractivity contribution in [2.45, 2.75) is 13.5 Å². The molecule has 0 unspecified atom stereocenters. The van der Waals surface area contributed by atoms with Crippen molar-refractivity contribution < 1.29 is 13.9 Å². The zero-order valence-electron chi connectivity index (χ0n) is 9.90. The normalized spacial score (nSPS) is 10.5. The van der Waals surface area contributed by atoms with E-state index in [2.05, 4.69) is 0 Å². The Labute approximate surface area is 100 Å². The van der Waals surface area contributed by atoms with Crippen molar-refractivity contribution in [1.29, 1.82) is 0 Å². The Hall–Kier alpha value is -1.87. The van der Waals surface area contributed by atoms with E-state index >= 15 is 0 Å². The van der Waals surface area contributed by atoms with Crippen LogP contribution in [0.25, 0.3) is 11.3 Å². The molecule has 0 aliphatic rings. The van der Waals surface area contributed by atoms with Gasteiger partial charge in [0.2, 0.25) is 0 Å². The molecule has 0 N–H and O–H groups in total. The molecule has 0 atom stereocenters. The summed E-state index contributed by atoms with van der Waals surface area (Å²) in [5.74, 6) is 1.01. The van der Waals surface area contributed by atoms with Gasteiger partial charge in [0.25, 0.3) is 0 Å². The van der Waals surface area contributed by atoms with Crippen LogP contribution in [-0.4, -0.2) is 12.9 Å². The maximum atomic E-state index is 11.2. The molecule has 1 aromatic carbocycles. The maximum Gasteiger partial charge on any atom is 0.194 e. The lowest BCUT2D eigenvalue weighted by Crippen LogP contribution is -1.91. The van der Waals surface area contributed by atoms with Gasteiger partial charge in [-0.05, 0) is 17.7 Å². The minimum absolute atomic E-state index is 0.0690. The van der Waals surface area contributed by atoms with Crippen molar-refractivity contribution in [3.8, 4) is 11.3 Å². The summed E-state index contributed by atoms with van der Waals surface area (Å²) in [6, 6.07) is 11.3. The van der Waals surface area contributed by atoms with Crippen molar-refractivity contribution >= 4 is 5.78 Å². The monoisotopic (exact) mass is 230 g/mol. The third-order valence-electron chi connectivity index (χ3n) is 2.54. The molecule has 88 valence electrons. The summed E-state index contributed by atoms with van der Waals surface area (Å²) in [7, 11) is 1.65. The highest BCUT2D eigenvalue weighted by Gasteiger charge is 2.10. The average Bonchev–Trinajstić information content (AvgIpc) is 2.79. The van der Waals surface area contributed by atoms with E-state index in [-0.39, 0.29) is 5.78 Å². The fraction of sp³-hybridized carbons (Fsp3) is 0.214. The van der Waals surface area contributed by atoms with Crippen LogP contribution >= 0.6 is 0 Å². The summed E-state index contributed by atoms with van der Waals surface area (Å²) in [6.07, 6.45) is 0. The SMILES string of the molecule is COCc1ccccc1-c1ccc(C(C)=O)o1. The van der Waals surface area contributed by atoms with E-state index in [9.17, 15) is 4.79 Å². The standard InChI is InChI=1S/C14H14O3/c1-10(15)13-7-8-14(17-13)12-6-4-3-5-11(12)9-16-2/h3-8H,9H2,1-2H3. The van der Waals surface area contributed by atoms with E-state index in [1.54, 1.807) is 13.2 Å². The third kappa shape index (κ3) is 2.45. The number of furan rings is 1. The molecule has 0 spiro atoms. The molecule has 3 heteroatoms. The Bertz CT molecular complexity index is 526. The zero-order valence-corrected chi connectivity index (χ0v) is 9.90. The number of ketones is 1. The molecule has 1 aromatic heterocycles. The number of hydrogen-bond acceptors (Lipinski definition) is 3. The minimum atomic E-state index is -0.0690. The first kappa shape index (κ1) is 11.6. The Morgan fingerprint density at radius 2 is 2.00 bits per heavy atom. The van der Waals surface area contributed by atoms with Gasteiger partial charge >= 0.3 is 0 Å². The van der Waals surface area contributed by atoms with Gasteiger partial charge in [-0.15, -0.1) is 0 Å². The van der Waals surface area contributed by atoms with Crippen molar-refractivity contribution in [3.05, 3.63) is 47.7 Å². The Balaban J connectivity index is 2.41. The molecule has 0 aliphatic heterocycles. The fourth-order valence-corrected chi connectivity index (χ4v) is 1.71. The van der Waals surface area contributed by atoms with E-state index in [1.165, 1.54) is 6.92 Å². The van der Waals surface area contributed by atoms with Gasteiger partial charge in [0.15, 0.2) is 11.5 Å². The van der Waals surface area contributed by atoms with E-state index in [0.717, 1.165) is 11.1 Å². The molecule has 0 radical (unpaired) electrons. The van der Waals surface area contributed by atoms with Gasteiger partial charge in [0, 0.05) is 19.6 Å². The summed E-state index contributed by atoms with van der Waals surface area (Å²) in [5.41, 5.74) is 2.00. The van der Waals surface area contributed by atoms with Crippen molar-refractivity contribution in [2.75, 3.05) is 7.11 Å². The second-order valence-electron chi connectivity index (χ2n) is 3.81. The molecular weight excluding hydrogens is 216 g/mol. The highest BCUT2D eigenvalue weighted by atomic mass is 16.5. The lowest BCUT2D eigenvalue weighted by Gasteiger charge is -2.05. The summed E-state index contributed by atoms with van der Waals surface area (Å²) in [6.45, 7) is 2.01. The fourth-order valence-electron chi connectivity index (χ4n) is 1.71. The molecule has 3 nitrogen and oxygen atoms in total. The summed E-state index contributed by atoms with van der Waals surface area (Å²) in [5, 5.41) is 0. The number of ether oxygens (including phenoxy) is 1. The van der Waals surface area contributed by atoms with Crippen molar-refractivity contribution in [1.82, 2.24) is 0 Å². The van der Waals surface area contributed by atoms with Gasteiger partial charge in [0.1, 0.15) is 5.76 Å². The Kier molecular flexibility index (Phi) is 3.40. The Morgan fingerprint density at radius 1 is 1.24 bits per heavy atom. The Morgan fingerprint density at radius 3 is 2.65 bits per heavy atom. The molecule has 0 saturated carbocycles. The minimum Gasteiger partial charge on any atom is -0.453 e. The average molecular weight is 230 g/mol. The zero-order chi connectivity index (χ0) is 12.3. The van der Waals surface area contributed by atoms with Crippen LogP contribution in [0.5, 0.6) is 0 Å². The van der Waals surface area contributed by atoms with Crippen LogP contribution in [0.2, 0.25) is 0 Å². The predicted molar refractivity (Wildman–Crippen MR) is 64.9 cm³/mol. The smallest absolute Gasteiger partial charge is 0.194 e. The molecular formula is C14H14O3. The quantitative estimate of drug-likeness (QED) is 0.756. The first-order chi connectivity index (χ1) is 8.22. The van der Waals surface area contributed by atoms with Crippen LogP contribution in [0.1, 0.15) is 23.0 Å². The van der Waals surface area contributed by atoms with Gasteiger partial charge < -0.3 is 9.15 Å². The second-order valence-corrected chi connectivity index (χ2v) is 3.81. The first-order valence-corrected chi connectivity index (χ1v) is 5.40. The van der Waals surface area contributed by atoms with Crippen LogP contribution in [0.15, 0.2) is 40.8 Å². The molecule has 2 aromatic rings. The van der Waals surface area contributed by atoms with Crippen LogP contribution < -0.4 is 0 Å². The molecule has 0 aliphatic carbocycles. The van der Waals surface area contributed by atoms with E-state index in [4.69, 9.17) is 9.15 Å². The number of benzene rings is 1. The largest absolute Gasteiger partial charge is 0.453 e. The van der Waals surface area contributed by atoms with E-state index in [1.807, 2.05) is 30.3 Å². The predicted octanol–water partition coefficient (Wildman–Crippen LogP) is 3.30. The van der Waals surface area contributed by atoms with Gasteiger partial charge in [-0.2, -0.15) is 0 Å². The number of hydrogen-bond donors (Lipinski definition) is 0. The molecule has 0 bridgehead atoms. The summed E-state index contributed by atoms with van der Waals surface area (Å²) >= 11 is 0. The highest BCUT2D eigenvalue weighted by molar-refractivity contribution is 5.91. The van der Waals surface area contributed by atoms with Gasteiger partial charge in [-0.3, -0.25) is 4.79 Å². The van der Waals surface area contributed by atoms with Crippen LogP contribution in [0.4, 0.5) is 0 Å². The number of rotatable bonds is 4. The topological polar surface area (TPSA) is 39.4 Å². The van der Waals surface area contributed by atoms with Gasteiger partial charge in [0.05, 0.1) is 6.61 Å². The highest BCUT2D eigenvalue weighted by Crippen LogP contribution is 2.26. The molecule has 0 saturated heterocycles.